The van der Waals surface area contributed by atoms with E-state index in [0.29, 0.717) is 12.8 Å². The largest absolute Gasteiger partial charge is 0.334 e. The monoisotopic (exact) mass is 275 g/mol. The Bertz CT molecular complexity index is 557. The van der Waals surface area contributed by atoms with Crippen LogP contribution in [0.4, 0.5) is 4.39 Å². The van der Waals surface area contributed by atoms with Gasteiger partial charge in [0.1, 0.15) is 11.4 Å². The van der Waals surface area contributed by atoms with Crippen molar-refractivity contribution in [2.24, 2.45) is 0 Å². The Morgan fingerprint density at radius 3 is 2.70 bits per heavy atom. The molecule has 106 valence electrons. The summed E-state index contributed by atoms with van der Waals surface area (Å²) in [4.78, 5) is 14.3. The van der Waals surface area contributed by atoms with Gasteiger partial charge in [0.15, 0.2) is 0 Å². The number of nitrogens with one attached hydrogen (secondary N) is 1. The van der Waals surface area contributed by atoms with E-state index in [9.17, 15) is 14.4 Å². The number of hydrogen-bond acceptors (Lipinski definition) is 3. The lowest BCUT2D eigenvalue weighted by molar-refractivity contribution is 0.0878. The molecule has 1 saturated heterocycles. The van der Waals surface area contributed by atoms with Crippen molar-refractivity contribution in [2.75, 3.05) is 20.1 Å². The number of piperidine rings is 1. The van der Waals surface area contributed by atoms with Crippen molar-refractivity contribution in [3.63, 3.8) is 0 Å². The van der Waals surface area contributed by atoms with E-state index in [1.54, 1.807) is 13.0 Å². The quantitative estimate of drug-likeness (QED) is 0.896. The number of carbonyl (C=O) groups excluding carboxylic acids is 1. The van der Waals surface area contributed by atoms with Gasteiger partial charge in [-0.1, -0.05) is 11.6 Å². The topological polar surface area (TPSA) is 56.1 Å². The van der Waals surface area contributed by atoms with Crippen LogP contribution in [0.25, 0.3) is 0 Å². The Labute approximate surface area is 118 Å². The molecule has 1 heterocycles. The fourth-order valence-corrected chi connectivity index (χ4v) is 2.36. The van der Waals surface area contributed by atoms with Gasteiger partial charge in [-0.15, -0.1) is 0 Å². The van der Waals surface area contributed by atoms with Crippen LogP contribution < -0.4 is 5.32 Å². The summed E-state index contributed by atoms with van der Waals surface area (Å²) in [7, 11) is 1.98. The minimum Gasteiger partial charge on any atom is -0.334 e. The molecule has 0 spiro atoms. The molecule has 0 radical (unpaired) electrons. The Kier molecular flexibility index (Phi) is 4.05. The molecule has 0 aliphatic carbocycles. The van der Waals surface area contributed by atoms with Gasteiger partial charge in [-0.3, -0.25) is 4.79 Å². The molecule has 1 N–H and O–H groups in total. The molecular weight excluding hydrogens is 257 g/mol. The van der Waals surface area contributed by atoms with E-state index in [0.717, 1.165) is 18.7 Å². The molecule has 2 rings (SSSR count). The number of benzene rings is 1. The molecule has 1 aromatic carbocycles. The molecule has 1 amide bonds. The highest BCUT2D eigenvalue weighted by molar-refractivity contribution is 5.95. The summed E-state index contributed by atoms with van der Waals surface area (Å²) in [5.74, 6) is -1.08. The molecule has 1 fully saturated rings. The number of nitriles is 1. The number of hydrogen-bond donors (Lipinski definition) is 1. The van der Waals surface area contributed by atoms with Gasteiger partial charge in [0.25, 0.3) is 5.91 Å². The summed E-state index contributed by atoms with van der Waals surface area (Å²) < 4.78 is 13.7. The zero-order valence-electron chi connectivity index (χ0n) is 11.7. The molecular formula is C15H18FN3O. The van der Waals surface area contributed by atoms with Gasteiger partial charge in [-0.2, -0.15) is 5.26 Å². The normalized spacial score (nSPS) is 18.3. The lowest BCUT2D eigenvalue weighted by Gasteiger charge is -2.36. The summed E-state index contributed by atoms with van der Waals surface area (Å²) in [6.07, 6.45) is 1.11. The van der Waals surface area contributed by atoms with E-state index in [4.69, 9.17) is 0 Å². The van der Waals surface area contributed by atoms with E-state index >= 15 is 0 Å². The molecule has 0 atom stereocenters. The molecule has 1 aliphatic rings. The van der Waals surface area contributed by atoms with Gasteiger partial charge >= 0.3 is 0 Å². The van der Waals surface area contributed by atoms with Gasteiger partial charge in [0.05, 0.1) is 11.6 Å². The van der Waals surface area contributed by atoms with Crippen molar-refractivity contribution in [1.82, 2.24) is 10.2 Å². The first kappa shape index (κ1) is 14.5. The second kappa shape index (κ2) is 5.59. The van der Waals surface area contributed by atoms with E-state index in [-0.39, 0.29) is 5.56 Å². The van der Waals surface area contributed by atoms with E-state index in [1.807, 2.05) is 7.05 Å². The molecule has 0 aromatic heterocycles. The zero-order valence-corrected chi connectivity index (χ0v) is 11.7. The van der Waals surface area contributed by atoms with Crippen LogP contribution in [0, 0.1) is 24.1 Å². The zero-order chi connectivity index (χ0) is 14.8. The SMILES string of the molecule is Cc1ccc(F)c(C(=O)NC2(C#N)CCN(C)CC2)c1. The van der Waals surface area contributed by atoms with Crippen LogP contribution in [0.2, 0.25) is 0 Å². The highest BCUT2D eigenvalue weighted by Crippen LogP contribution is 2.22. The van der Waals surface area contributed by atoms with E-state index in [2.05, 4.69) is 16.3 Å². The average Bonchev–Trinajstić information content (AvgIpc) is 2.44. The molecule has 1 aromatic rings. The number of halogens is 1. The first-order valence-electron chi connectivity index (χ1n) is 6.64. The van der Waals surface area contributed by atoms with Gasteiger partial charge in [-0.05, 0) is 38.9 Å². The van der Waals surface area contributed by atoms with Crippen LogP contribution in [-0.4, -0.2) is 36.5 Å². The lowest BCUT2D eigenvalue weighted by Crippen LogP contribution is -2.53. The summed E-state index contributed by atoms with van der Waals surface area (Å²) >= 11 is 0. The van der Waals surface area contributed by atoms with Gasteiger partial charge in [0, 0.05) is 13.1 Å². The highest BCUT2D eigenvalue weighted by Gasteiger charge is 2.35. The number of aryl methyl sites for hydroxylation is 1. The van der Waals surface area contributed by atoms with Gasteiger partial charge < -0.3 is 10.2 Å². The van der Waals surface area contributed by atoms with Gasteiger partial charge in [0.2, 0.25) is 0 Å². The van der Waals surface area contributed by atoms with Crippen molar-refractivity contribution in [1.29, 1.82) is 5.26 Å². The van der Waals surface area contributed by atoms with E-state index in [1.165, 1.54) is 12.1 Å². The van der Waals surface area contributed by atoms with Crippen molar-refractivity contribution in [3.05, 3.63) is 35.1 Å². The summed E-state index contributed by atoms with van der Waals surface area (Å²) in [6, 6.07) is 6.58. The molecule has 0 saturated carbocycles. The third-order valence-corrected chi connectivity index (χ3v) is 3.77. The summed E-state index contributed by atoms with van der Waals surface area (Å²) in [6.45, 7) is 3.28. The highest BCUT2D eigenvalue weighted by atomic mass is 19.1. The van der Waals surface area contributed by atoms with Crippen molar-refractivity contribution < 1.29 is 9.18 Å². The third kappa shape index (κ3) is 2.97. The minimum absolute atomic E-state index is 0.00134. The van der Waals surface area contributed by atoms with Crippen LogP contribution >= 0.6 is 0 Å². The Hall–Kier alpha value is -1.93. The van der Waals surface area contributed by atoms with Crippen LogP contribution in [-0.2, 0) is 0 Å². The average molecular weight is 275 g/mol. The molecule has 0 unspecified atom stereocenters. The summed E-state index contributed by atoms with van der Waals surface area (Å²) in [5.41, 5.74) is -0.0794. The first-order chi connectivity index (χ1) is 9.46. The first-order valence-corrected chi connectivity index (χ1v) is 6.64. The molecule has 0 bridgehead atoms. The third-order valence-electron chi connectivity index (χ3n) is 3.77. The van der Waals surface area contributed by atoms with Crippen LogP contribution in [0.1, 0.15) is 28.8 Å². The standard InChI is InChI=1S/C15H18FN3O/c1-11-3-4-13(16)12(9-11)14(20)18-15(10-17)5-7-19(2)8-6-15/h3-4,9H,5-8H2,1-2H3,(H,18,20). The maximum Gasteiger partial charge on any atom is 0.255 e. The second-order valence-electron chi connectivity index (χ2n) is 5.43. The number of carbonyl (C=O) groups is 1. The fraction of sp³-hybridized carbons (Fsp3) is 0.467. The molecule has 5 heteroatoms. The maximum absolute atomic E-state index is 13.7. The predicted octanol–water partition coefficient (Wildman–Crippen LogP) is 1.85. The van der Waals surface area contributed by atoms with Crippen LogP contribution in [0.5, 0.6) is 0 Å². The molecule has 1 aliphatic heterocycles. The predicted molar refractivity (Wildman–Crippen MR) is 73.7 cm³/mol. The Morgan fingerprint density at radius 2 is 2.10 bits per heavy atom. The maximum atomic E-state index is 13.7. The van der Waals surface area contributed by atoms with Gasteiger partial charge in [-0.25, -0.2) is 4.39 Å². The number of likely N-dealkylation sites (tertiary alicyclic amines) is 1. The lowest BCUT2D eigenvalue weighted by atomic mass is 9.88. The van der Waals surface area contributed by atoms with Crippen molar-refractivity contribution in [2.45, 2.75) is 25.3 Å². The Balaban J connectivity index is 2.18. The number of nitrogens with zero attached hydrogens (tertiary/aromatic N) is 2. The van der Waals surface area contributed by atoms with Crippen molar-refractivity contribution >= 4 is 5.91 Å². The summed E-state index contributed by atoms with van der Waals surface area (Å²) in [5, 5.41) is 12.1. The number of rotatable bonds is 2. The van der Waals surface area contributed by atoms with Crippen molar-refractivity contribution in [3.8, 4) is 6.07 Å². The fourth-order valence-electron chi connectivity index (χ4n) is 2.36. The van der Waals surface area contributed by atoms with E-state index < -0.39 is 17.3 Å². The van der Waals surface area contributed by atoms with Crippen LogP contribution in [0.15, 0.2) is 18.2 Å². The smallest absolute Gasteiger partial charge is 0.255 e. The molecule has 20 heavy (non-hydrogen) atoms. The second-order valence-corrected chi connectivity index (χ2v) is 5.43. The van der Waals surface area contributed by atoms with Crippen LogP contribution in [0.3, 0.4) is 0 Å². The minimum atomic E-state index is -0.889. The number of amides is 1. The molecule has 4 nitrogen and oxygen atoms in total. The Morgan fingerprint density at radius 1 is 1.45 bits per heavy atom.